The van der Waals surface area contributed by atoms with Gasteiger partial charge in [0.25, 0.3) is 0 Å². The summed E-state index contributed by atoms with van der Waals surface area (Å²) >= 11 is 0. The van der Waals surface area contributed by atoms with Gasteiger partial charge in [-0.1, -0.05) is 42.5 Å². The molecule has 3 heteroatoms. The van der Waals surface area contributed by atoms with Gasteiger partial charge in [-0.05, 0) is 25.1 Å². The predicted octanol–water partition coefficient (Wildman–Crippen LogP) is 4.22. The number of fused-ring (bicyclic) bond motifs is 4. The standard InChI is InChI=1S/C20H18N2O/c1-3-4-13-22-17-12-8-5-9-14(17)18-19(23)15-10-6-7-11-16(15)21(2)20(18)22/h3-12H,13H2,1-2H3/b4-3+. The van der Waals surface area contributed by atoms with Crippen molar-refractivity contribution in [2.75, 3.05) is 0 Å². The van der Waals surface area contributed by atoms with Gasteiger partial charge in [0.1, 0.15) is 5.65 Å². The fourth-order valence-electron chi connectivity index (χ4n) is 3.47. The van der Waals surface area contributed by atoms with Gasteiger partial charge in [0.15, 0.2) is 5.43 Å². The van der Waals surface area contributed by atoms with Crippen molar-refractivity contribution >= 4 is 32.8 Å². The molecule has 0 amide bonds. The number of rotatable bonds is 2. The van der Waals surface area contributed by atoms with E-state index >= 15 is 0 Å². The molecule has 0 radical (unpaired) electrons. The van der Waals surface area contributed by atoms with E-state index in [1.807, 2.05) is 62.5 Å². The molecular formula is C20H18N2O. The first kappa shape index (κ1) is 13.8. The topological polar surface area (TPSA) is 26.9 Å². The molecule has 0 saturated carbocycles. The second-order valence-electron chi connectivity index (χ2n) is 5.80. The molecule has 0 spiro atoms. The Kier molecular flexibility index (Phi) is 3.08. The fourth-order valence-corrected chi connectivity index (χ4v) is 3.47. The second kappa shape index (κ2) is 5.13. The Balaban J connectivity index is 2.33. The van der Waals surface area contributed by atoms with Crippen molar-refractivity contribution in [3.05, 3.63) is 70.9 Å². The van der Waals surface area contributed by atoms with Crippen LogP contribution in [0.2, 0.25) is 0 Å². The van der Waals surface area contributed by atoms with Crippen LogP contribution in [0.3, 0.4) is 0 Å². The summed E-state index contributed by atoms with van der Waals surface area (Å²) in [6.45, 7) is 2.77. The molecule has 114 valence electrons. The van der Waals surface area contributed by atoms with Gasteiger partial charge in [0.05, 0.1) is 16.4 Å². The summed E-state index contributed by atoms with van der Waals surface area (Å²) in [5.74, 6) is 0. The molecule has 3 nitrogen and oxygen atoms in total. The highest BCUT2D eigenvalue weighted by molar-refractivity contribution is 6.10. The lowest BCUT2D eigenvalue weighted by atomic mass is 10.1. The Morgan fingerprint density at radius 2 is 1.61 bits per heavy atom. The third-order valence-electron chi connectivity index (χ3n) is 4.52. The largest absolute Gasteiger partial charge is 0.330 e. The Bertz CT molecular complexity index is 1130. The van der Waals surface area contributed by atoms with Crippen LogP contribution < -0.4 is 5.43 Å². The third-order valence-corrected chi connectivity index (χ3v) is 4.52. The Morgan fingerprint density at radius 3 is 2.35 bits per heavy atom. The molecule has 23 heavy (non-hydrogen) atoms. The summed E-state index contributed by atoms with van der Waals surface area (Å²) in [7, 11) is 2.04. The minimum absolute atomic E-state index is 0.115. The fraction of sp³-hybridized carbons (Fsp3) is 0.150. The van der Waals surface area contributed by atoms with Gasteiger partial charge in [-0.3, -0.25) is 4.79 Å². The summed E-state index contributed by atoms with van der Waals surface area (Å²) in [6, 6.07) is 16.0. The Morgan fingerprint density at radius 1 is 0.957 bits per heavy atom. The number of hydrogen-bond donors (Lipinski definition) is 0. The molecule has 4 aromatic rings. The van der Waals surface area contributed by atoms with Crippen molar-refractivity contribution in [2.45, 2.75) is 13.5 Å². The number of benzene rings is 2. The Labute approximate surface area is 134 Å². The van der Waals surface area contributed by atoms with E-state index < -0.39 is 0 Å². The highest BCUT2D eigenvalue weighted by Crippen LogP contribution is 2.28. The van der Waals surface area contributed by atoms with Crippen LogP contribution in [0.5, 0.6) is 0 Å². The summed E-state index contributed by atoms with van der Waals surface area (Å²) in [5.41, 5.74) is 3.16. The summed E-state index contributed by atoms with van der Waals surface area (Å²) < 4.78 is 4.36. The van der Waals surface area contributed by atoms with Crippen LogP contribution in [0.15, 0.2) is 65.5 Å². The SMILES string of the molecule is C/C=C/Cn1c2ccccc2c2c(=O)c3ccccc3n(C)c21. The maximum Gasteiger partial charge on any atom is 0.199 e. The van der Waals surface area contributed by atoms with Crippen molar-refractivity contribution in [3.8, 4) is 0 Å². The van der Waals surface area contributed by atoms with E-state index in [1.165, 1.54) is 0 Å². The summed E-state index contributed by atoms with van der Waals surface area (Å²) in [5, 5.41) is 2.61. The number of allylic oxidation sites excluding steroid dienone is 2. The predicted molar refractivity (Wildman–Crippen MR) is 97.0 cm³/mol. The smallest absolute Gasteiger partial charge is 0.199 e. The molecule has 0 aliphatic carbocycles. The van der Waals surface area contributed by atoms with E-state index in [9.17, 15) is 4.79 Å². The third kappa shape index (κ3) is 1.86. The van der Waals surface area contributed by atoms with Crippen LogP contribution in [0.1, 0.15) is 6.92 Å². The van der Waals surface area contributed by atoms with Crippen LogP contribution in [-0.2, 0) is 13.6 Å². The van der Waals surface area contributed by atoms with Crippen molar-refractivity contribution in [1.82, 2.24) is 9.13 Å². The molecule has 0 N–H and O–H groups in total. The van der Waals surface area contributed by atoms with Gasteiger partial charge in [-0.25, -0.2) is 0 Å². The minimum Gasteiger partial charge on any atom is -0.330 e. The molecule has 0 unspecified atom stereocenters. The first-order valence-corrected chi connectivity index (χ1v) is 7.84. The van der Waals surface area contributed by atoms with Gasteiger partial charge in [-0.15, -0.1) is 0 Å². The number of aromatic nitrogens is 2. The highest BCUT2D eigenvalue weighted by atomic mass is 16.1. The molecule has 4 rings (SSSR count). The van der Waals surface area contributed by atoms with Gasteiger partial charge in [0.2, 0.25) is 0 Å². The van der Waals surface area contributed by atoms with Crippen molar-refractivity contribution in [3.63, 3.8) is 0 Å². The number of aryl methyl sites for hydroxylation is 1. The van der Waals surface area contributed by atoms with Crippen LogP contribution in [0.25, 0.3) is 32.8 Å². The average Bonchev–Trinajstić information content (AvgIpc) is 2.93. The molecule has 2 aromatic heterocycles. The van der Waals surface area contributed by atoms with E-state index in [-0.39, 0.29) is 5.43 Å². The zero-order chi connectivity index (χ0) is 16.0. The van der Waals surface area contributed by atoms with Crippen LogP contribution in [0, 0.1) is 0 Å². The minimum atomic E-state index is 0.115. The van der Waals surface area contributed by atoms with E-state index in [0.717, 1.165) is 39.4 Å². The first-order chi connectivity index (χ1) is 11.2. The van der Waals surface area contributed by atoms with Crippen molar-refractivity contribution < 1.29 is 0 Å². The zero-order valence-electron chi connectivity index (χ0n) is 13.3. The quantitative estimate of drug-likeness (QED) is 0.509. The van der Waals surface area contributed by atoms with Gasteiger partial charge in [-0.2, -0.15) is 0 Å². The number of hydrogen-bond acceptors (Lipinski definition) is 1. The number of pyridine rings is 1. The van der Waals surface area contributed by atoms with Crippen LogP contribution >= 0.6 is 0 Å². The average molecular weight is 302 g/mol. The second-order valence-corrected chi connectivity index (χ2v) is 5.80. The maximum absolute atomic E-state index is 13.1. The number of para-hydroxylation sites is 2. The monoisotopic (exact) mass is 302 g/mol. The lowest BCUT2D eigenvalue weighted by Crippen LogP contribution is -2.10. The van der Waals surface area contributed by atoms with Gasteiger partial charge < -0.3 is 9.13 Å². The van der Waals surface area contributed by atoms with E-state index in [4.69, 9.17) is 0 Å². The molecule has 0 bridgehead atoms. The van der Waals surface area contributed by atoms with E-state index in [1.54, 1.807) is 0 Å². The lowest BCUT2D eigenvalue weighted by molar-refractivity contribution is 0.840. The molecule has 0 fully saturated rings. The molecule has 0 aliphatic heterocycles. The Hall–Kier alpha value is -2.81. The highest BCUT2D eigenvalue weighted by Gasteiger charge is 2.17. The molecule has 2 heterocycles. The first-order valence-electron chi connectivity index (χ1n) is 7.84. The van der Waals surface area contributed by atoms with E-state index in [2.05, 4.69) is 21.3 Å². The molecule has 0 aliphatic rings. The lowest BCUT2D eigenvalue weighted by Gasteiger charge is -2.11. The maximum atomic E-state index is 13.1. The molecule has 0 saturated heterocycles. The summed E-state index contributed by atoms with van der Waals surface area (Å²) in [6.07, 6.45) is 4.16. The van der Waals surface area contributed by atoms with E-state index in [0.29, 0.717) is 0 Å². The summed E-state index contributed by atoms with van der Waals surface area (Å²) in [4.78, 5) is 13.1. The molecule has 2 aromatic carbocycles. The number of nitrogens with zero attached hydrogens (tertiary/aromatic N) is 2. The normalized spacial score (nSPS) is 12.1. The zero-order valence-corrected chi connectivity index (χ0v) is 13.3. The van der Waals surface area contributed by atoms with Crippen LogP contribution in [-0.4, -0.2) is 9.13 Å². The van der Waals surface area contributed by atoms with Gasteiger partial charge >= 0.3 is 0 Å². The van der Waals surface area contributed by atoms with Crippen LogP contribution in [0.4, 0.5) is 0 Å². The van der Waals surface area contributed by atoms with Crippen molar-refractivity contribution in [1.29, 1.82) is 0 Å². The molecular weight excluding hydrogens is 284 g/mol. The van der Waals surface area contributed by atoms with Crippen molar-refractivity contribution in [2.24, 2.45) is 7.05 Å². The van der Waals surface area contributed by atoms with Gasteiger partial charge in [0, 0.05) is 24.4 Å². The molecule has 0 atom stereocenters.